The second-order valence-electron chi connectivity index (χ2n) is 6.36. The van der Waals surface area contributed by atoms with E-state index >= 15 is 0 Å². The van der Waals surface area contributed by atoms with Crippen molar-refractivity contribution in [3.05, 3.63) is 17.2 Å². The Hall–Kier alpha value is -1.84. The van der Waals surface area contributed by atoms with Crippen molar-refractivity contribution in [2.24, 2.45) is 0 Å². The molecule has 2 aliphatic heterocycles. The molecule has 3 rings (SSSR count). The highest BCUT2D eigenvalue weighted by Crippen LogP contribution is 2.28. The van der Waals surface area contributed by atoms with Crippen molar-refractivity contribution in [2.75, 3.05) is 49.2 Å². The smallest absolute Gasteiger partial charge is 0.149 e. The molecule has 0 spiro atoms. The van der Waals surface area contributed by atoms with Gasteiger partial charge in [-0.15, -0.1) is 0 Å². The van der Waals surface area contributed by atoms with Crippen molar-refractivity contribution in [1.29, 1.82) is 5.26 Å². The first-order valence-corrected chi connectivity index (χ1v) is 8.23. The van der Waals surface area contributed by atoms with E-state index in [1.165, 1.54) is 0 Å². The number of nitrogens with zero attached hydrogens (tertiary/aromatic N) is 4. The van der Waals surface area contributed by atoms with Crippen LogP contribution in [0.15, 0.2) is 6.07 Å². The molecule has 124 valence electrons. The van der Waals surface area contributed by atoms with Gasteiger partial charge in [0.25, 0.3) is 0 Å². The maximum Gasteiger partial charge on any atom is 0.149 e. The van der Waals surface area contributed by atoms with Crippen LogP contribution in [0.3, 0.4) is 0 Å². The molecule has 0 saturated carbocycles. The number of anilines is 2. The van der Waals surface area contributed by atoms with Gasteiger partial charge in [-0.2, -0.15) is 5.26 Å². The molecular formula is C17H24N4O2. The molecule has 0 amide bonds. The molecule has 2 fully saturated rings. The summed E-state index contributed by atoms with van der Waals surface area (Å²) in [4.78, 5) is 9.26. The minimum absolute atomic E-state index is 0.157. The van der Waals surface area contributed by atoms with Gasteiger partial charge in [-0.05, 0) is 32.4 Å². The van der Waals surface area contributed by atoms with Gasteiger partial charge in [0.2, 0.25) is 0 Å². The van der Waals surface area contributed by atoms with Crippen LogP contribution in [0.4, 0.5) is 11.6 Å². The maximum absolute atomic E-state index is 9.56. The Kier molecular flexibility index (Phi) is 4.69. The highest BCUT2D eigenvalue weighted by Gasteiger charge is 2.25. The summed E-state index contributed by atoms with van der Waals surface area (Å²) in [5.41, 5.74) is 1.65. The Morgan fingerprint density at radius 2 is 1.74 bits per heavy atom. The minimum atomic E-state index is 0.157. The topological polar surface area (TPSA) is 61.6 Å². The van der Waals surface area contributed by atoms with E-state index in [2.05, 4.69) is 29.7 Å². The van der Waals surface area contributed by atoms with Crippen LogP contribution < -0.4 is 9.80 Å². The second-order valence-corrected chi connectivity index (χ2v) is 6.36. The molecule has 6 nitrogen and oxygen atoms in total. The molecule has 2 saturated heterocycles. The molecule has 23 heavy (non-hydrogen) atoms. The molecule has 3 heterocycles. The SMILES string of the molecule is Cc1cc(N2CCO[C@@H](C)C2)nc(N2CCO[C@H](C)C2)c1C#N. The van der Waals surface area contributed by atoms with Gasteiger partial charge in [0, 0.05) is 26.2 Å². The molecule has 1 aromatic heterocycles. The summed E-state index contributed by atoms with van der Waals surface area (Å²) in [6.07, 6.45) is 0.359. The van der Waals surface area contributed by atoms with Crippen molar-refractivity contribution >= 4 is 11.6 Å². The standard InChI is InChI=1S/C17H24N4O2/c1-12-8-16(20-4-6-22-13(2)10-20)19-17(15(12)9-18)21-5-7-23-14(3)11-21/h8,13-14H,4-7,10-11H2,1-3H3/t13-,14+/m0/s1. The Balaban J connectivity index is 1.95. The lowest BCUT2D eigenvalue weighted by Gasteiger charge is -2.35. The largest absolute Gasteiger partial charge is 0.375 e. The van der Waals surface area contributed by atoms with Crippen molar-refractivity contribution < 1.29 is 9.47 Å². The summed E-state index contributed by atoms with van der Waals surface area (Å²) in [7, 11) is 0. The zero-order chi connectivity index (χ0) is 16.4. The van der Waals surface area contributed by atoms with Crippen molar-refractivity contribution in [3.8, 4) is 6.07 Å². The number of aromatic nitrogens is 1. The van der Waals surface area contributed by atoms with Crippen molar-refractivity contribution in [1.82, 2.24) is 4.98 Å². The Morgan fingerprint density at radius 1 is 1.13 bits per heavy atom. The Labute approximate surface area is 137 Å². The van der Waals surface area contributed by atoms with Gasteiger partial charge in [-0.3, -0.25) is 0 Å². The van der Waals surface area contributed by atoms with Gasteiger partial charge in [0.1, 0.15) is 17.7 Å². The van der Waals surface area contributed by atoms with Crippen LogP contribution >= 0.6 is 0 Å². The van der Waals surface area contributed by atoms with Crippen LogP contribution in [0.1, 0.15) is 25.0 Å². The zero-order valence-corrected chi connectivity index (χ0v) is 14.1. The average molecular weight is 316 g/mol. The van der Waals surface area contributed by atoms with E-state index in [4.69, 9.17) is 14.5 Å². The van der Waals surface area contributed by atoms with Crippen LogP contribution in [0.25, 0.3) is 0 Å². The first-order chi connectivity index (χ1) is 11.1. The van der Waals surface area contributed by atoms with E-state index in [0.717, 1.165) is 43.4 Å². The molecular weight excluding hydrogens is 292 g/mol. The fourth-order valence-corrected chi connectivity index (χ4v) is 3.21. The second kappa shape index (κ2) is 6.73. The lowest BCUT2D eigenvalue weighted by molar-refractivity contribution is 0.0524. The lowest BCUT2D eigenvalue weighted by atomic mass is 10.1. The Bertz CT molecular complexity index is 613. The summed E-state index contributed by atoms with van der Waals surface area (Å²) in [5.74, 6) is 1.72. The van der Waals surface area contributed by atoms with Crippen molar-refractivity contribution in [2.45, 2.75) is 33.0 Å². The minimum Gasteiger partial charge on any atom is -0.375 e. The molecule has 0 aliphatic carbocycles. The molecule has 0 radical (unpaired) electrons. The molecule has 2 aliphatic rings. The summed E-state index contributed by atoms with van der Waals surface area (Å²) in [6.45, 7) is 10.7. The fourth-order valence-electron chi connectivity index (χ4n) is 3.21. The molecule has 6 heteroatoms. The third-order valence-corrected chi connectivity index (χ3v) is 4.40. The lowest BCUT2D eigenvalue weighted by Crippen LogP contribution is -2.43. The first-order valence-electron chi connectivity index (χ1n) is 8.23. The summed E-state index contributed by atoms with van der Waals surface area (Å²) in [6, 6.07) is 4.34. The fraction of sp³-hybridized carbons (Fsp3) is 0.647. The van der Waals surface area contributed by atoms with E-state index in [1.807, 2.05) is 13.0 Å². The number of hydrogen-bond acceptors (Lipinski definition) is 6. The van der Waals surface area contributed by atoms with Crippen LogP contribution in [0, 0.1) is 18.3 Å². The van der Waals surface area contributed by atoms with Crippen LogP contribution in [-0.4, -0.2) is 56.6 Å². The molecule has 0 unspecified atom stereocenters. The van der Waals surface area contributed by atoms with E-state index in [0.29, 0.717) is 18.8 Å². The Morgan fingerprint density at radius 3 is 2.35 bits per heavy atom. The number of aryl methyl sites for hydroxylation is 1. The monoisotopic (exact) mass is 316 g/mol. The molecule has 1 aromatic rings. The summed E-state index contributed by atoms with van der Waals surface area (Å²) >= 11 is 0. The predicted molar refractivity (Wildman–Crippen MR) is 88.9 cm³/mol. The molecule has 0 aromatic carbocycles. The van der Waals surface area contributed by atoms with Gasteiger partial charge in [-0.25, -0.2) is 4.98 Å². The number of rotatable bonds is 2. The van der Waals surface area contributed by atoms with Crippen LogP contribution in [0.2, 0.25) is 0 Å². The maximum atomic E-state index is 9.56. The number of ether oxygens (including phenoxy) is 2. The number of nitriles is 1. The third-order valence-electron chi connectivity index (χ3n) is 4.40. The van der Waals surface area contributed by atoms with E-state index in [9.17, 15) is 5.26 Å². The zero-order valence-electron chi connectivity index (χ0n) is 14.1. The molecule has 0 bridgehead atoms. The van der Waals surface area contributed by atoms with Gasteiger partial charge in [0.15, 0.2) is 0 Å². The van der Waals surface area contributed by atoms with E-state index < -0.39 is 0 Å². The summed E-state index contributed by atoms with van der Waals surface area (Å²) < 4.78 is 11.2. The third kappa shape index (κ3) is 3.41. The number of morpholine rings is 2. The van der Waals surface area contributed by atoms with Gasteiger partial charge in [0.05, 0.1) is 31.0 Å². The quantitative estimate of drug-likeness (QED) is 0.828. The molecule has 2 atom stereocenters. The predicted octanol–water partition coefficient (Wildman–Crippen LogP) is 1.71. The van der Waals surface area contributed by atoms with Crippen LogP contribution in [-0.2, 0) is 9.47 Å². The summed E-state index contributed by atoms with van der Waals surface area (Å²) in [5, 5.41) is 9.56. The number of pyridine rings is 1. The molecule has 0 N–H and O–H groups in total. The van der Waals surface area contributed by atoms with Crippen molar-refractivity contribution in [3.63, 3.8) is 0 Å². The highest BCUT2D eigenvalue weighted by molar-refractivity contribution is 5.63. The van der Waals surface area contributed by atoms with E-state index in [-0.39, 0.29) is 12.2 Å². The van der Waals surface area contributed by atoms with E-state index in [1.54, 1.807) is 0 Å². The van der Waals surface area contributed by atoms with Crippen LogP contribution in [0.5, 0.6) is 0 Å². The average Bonchev–Trinajstić information content (AvgIpc) is 2.54. The first kappa shape index (κ1) is 16.0. The van der Waals surface area contributed by atoms with Gasteiger partial charge >= 0.3 is 0 Å². The van der Waals surface area contributed by atoms with Gasteiger partial charge in [-0.1, -0.05) is 0 Å². The normalized spacial score (nSPS) is 25.3. The van der Waals surface area contributed by atoms with Gasteiger partial charge < -0.3 is 19.3 Å². The number of hydrogen-bond donors (Lipinski definition) is 0. The highest BCUT2D eigenvalue weighted by atomic mass is 16.5.